The number of methoxy groups -OCH3 is 1. The molecule has 0 atom stereocenters. The Hall–Kier alpha value is -1.16. The fraction of sp³-hybridized carbons (Fsp3) is 0.250. The predicted molar refractivity (Wildman–Crippen MR) is 46.0 cm³/mol. The van der Waals surface area contributed by atoms with Gasteiger partial charge < -0.3 is 14.9 Å². The summed E-state index contributed by atoms with van der Waals surface area (Å²) in [6.45, 7) is -0.257. The van der Waals surface area contributed by atoms with Crippen molar-refractivity contribution in [1.29, 1.82) is 0 Å². The Balaban J connectivity index is 3.22. The van der Waals surface area contributed by atoms with Gasteiger partial charge in [0.05, 0.1) is 13.7 Å². The minimum atomic E-state index is -0.257. The van der Waals surface area contributed by atoms with Gasteiger partial charge in [-0.3, -0.25) is 0 Å². The van der Waals surface area contributed by atoms with Crippen LogP contribution in [0.25, 0.3) is 0 Å². The van der Waals surface area contributed by atoms with Gasteiger partial charge in [-0.15, -0.1) is 0 Å². The highest BCUT2D eigenvalue weighted by atomic mass is 16.5. The van der Waals surface area contributed by atoms with Gasteiger partial charge in [0.2, 0.25) is 0 Å². The van der Waals surface area contributed by atoms with E-state index in [0.717, 1.165) is 0 Å². The van der Waals surface area contributed by atoms with Gasteiger partial charge in [0.25, 0.3) is 0 Å². The van der Waals surface area contributed by atoms with Crippen molar-refractivity contribution in [3.8, 4) is 11.5 Å². The number of aliphatic hydroxyl groups is 1. The van der Waals surface area contributed by atoms with Crippen LogP contribution in [-0.4, -0.2) is 25.2 Å². The number of ether oxygens (including phenoxy) is 1. The van der Waals surface area contributed by atoms with Crippen molar-refractivity contribution in [3.63, 3.8) is 0 Å². The van der Waals surface area contributed by atoms with E-state index in [9.17, 15) is 5.11 Å². The first-order valence-corrected chi connectivity index (χ1v) is 3.45. The first-order valence-electron chi connectivity index (χ1n) is 3.45. The van der Waals surface area contributed by atoms with Crippen molar-refractivity contribution >= 4 is 13.3 Å². The minimum absolute atomic E-state index is 0.0609. The molecule has 0 saturated heterocycles. The number of hydrogen-bond donors (Lipinski definition) is 2. The number of benzene rings is 1. The monoisotopic (exact) mass is 164 g/mol. The maximum absolute atomic E-state index is 9.37. The molecule has 0 fully saturated rings. The average Bonchev–Trinajstić information content (AvgIpc) is 2.08. The predicted octanol–water partition coefficient (Wildman–Crippen LogP) is -0.313. The van der Waals surface area contributed by atoms with E-state index in [-0.39, 0.29) is 18.1 Å². The Bertz CT molecular complexity index is 261. The maximum Gasteiger partial charge on any atom is 0.163 e. The number of hydrogen-bond acceptors (Lipinski definition) is 3. The van der Waals surface area contributed by atoms with Crippen LogP contribution in [0.2, 0.25) is 0 Å². The van der Waals surface area contributed by atoms with Crippen LogP contribution in [0.1, 0.15) is 5.56 Å². The van der Waals surface area contributed by atoms with E-state index < -0.39 is 0 Å². The van der Waals surface area contributed by atoms with E-state index in [1.54, 1.807) is 0 Å². The van der Waals surface area contributed by atoms with Crippen LogP contribution in [0.4, 0.5) is 0 Å². The lowest BCUT2D eigenvalue weighted by Crippen LogP contribution is -2.05. The van der Waals surface area contributed by atoms with Crippen molar-refractivity contribution in [2.75, 3.05) is 7.11 Å². The highest BCUT2D eigenvalue weighted by Crippen LogP contribution is 2.27. The molecule has 62 valence electrons. The first-order chi connectivity index (χ1) is 5.69. The summed E-state index contributed by atoms with van der Waals surface area (Å²) in [5, 5.41) is 18.2. The molecule has 0 aliphatic carbocycles. The first kappa shape index (κ1) is 8.94. The van der Waals surface area contributed by atoms with Gasteiger partial charge in [-0.2, -0.15) is 0 Å². The molecular formula is C8H9BO3. The number of rotatable bonds is 2. The van der Waals surface area contributed by atoms with Crippen LogP contribution >= 0.6 is 0 Å². The van der Waals surface area contributed by atoms with Gasteiger partial charge in [-0.05, 0) is 6.07 Å². The van der Waals surface area contributed by atoms with Gasteiger partial charge in [0, 0.05) is 5.56 Å². The van der Waals surface area contributed by atoms with Gasteiger partial charge in [-0.1, -0.05) is 11.5 Å². The van der Waals surface area contributed by atoms with Crippen molar-refractivity contribution < 1.29 is 14.9 Å². The summed E-state index contributed by atoms with van der Waals surface area (Å²) in [4.78, 5) is 0. The van der Waals surface area contributed by atoms with Crippen molar-refractivity contribution in [2.24, 2.45) is 0 Å². The largest absolute Gasteiger partial charge is 0.504 e. The van der Waals surface area contributed by atoms with Crippen molar-refractivity contribution in [3.05, 3.63) is 17.7 Å². The van der Waals surface area contributed by atoms with E-state index >= 15 is 0 Å². The minimum Gasteiger partial charge on any atom is -0.504 e. The van der Waals surface area contributed by atoms with Crippen LogP contribution < -0.4 is 10.2 Å². The summed E-state index contributed by atoms with van der Waals surface area (Å²) in [5.74, 6) is 0.216. The van der Waals surface area contributed by atoms with E-state index in [2.05, 4.69) is 0 Å². The lowest BCUT2D eigenvalue weighted by Gasteiger charge is -2.08. The molecule has 0 aliphatic rings. The molecule has 2 radical (unpaired) electrons. The zero-order chi connectivity index (χ0) is 9.14. The number of aromatic hydroxyl groups is 1. The van der Waals surface area contributed by atoms with Crippen molar-refractivity contribution in [1.82, 2.24) is 0 Å². The molecule has 0 saturated carbocycles. The van der Waals surface area contributed by atoms with E-state index in [1.165, 1.54) is 19.2 Å². The number of aliphatic hydroxyl groups excluding tert-OH is 1. The van der Waals surface area contributed by atoms with Crippen LogP contribution in [0, 0.1) is 0 Å². The van der Waals surface area contributed by atoms with Crippen LogP contribution in [-0.2, 0) is 6.61 Å². The fourth-order valence-electron chi connectivity index (χ4n) is 0.965. The maximum atomic E-state index is 9.37. The Morgan fingerprint density at radius 2 is 2.17 bits per heavy atom. The molecule has 1 rings (SSSR count). The summed E-state index contributed by atoms with van der Waals surface area (Å²) < 4.78 is 4.83. The highest BCUT2D eigenvalue weighted by molar-refractivity contribution is 6.32. The van der Waals surface area contributed by atoms with E-state index in [4.69, 9.17) is 17.7 Å². The third-order valence-corrected chi connectivity index (χ3v) is 1.57. The Morgan fingerprint density at radius 3 is 2.67 bits per heavy atom. The molecule has 2 N–H and O–H groups in total. The van der Waals surface area contributed by atoms with Crippen LogP contribution in [0.5, 0.6) is 11.5 Å². The highest BCUT2D eigenvalue weighted by Gasteiger charge is 2.06. The van der Waals surface area contributed by atoms with Crippen molar-refractivity contribution in [2.45, 2.75) is 6.61 Å². The summed E-state index contributed by atoms with van der Waals surface area (Å²) in [7, 11) is 6.90. The molecule has 0 spiro atoms. The normalized spacial score (nSPS) is 9.83. The van der Waals surface area contributed by atoms with Crippen LogP contribution in [0.3, 0.4) is 0 Å². The molecular weight excluding hydrogens is 155 g/mol. The zero-order valence-electron chi connectivity index (χ0n) is 6.74. The van der Waals surface area contributed by atoms with E-state index in [0.29, 0.717) is 11.0 Å². The van der Waals surface area contributed by atoms with Gasteiger partial charge in [-0.25, -0.2) is 0 Å². The number of phenols is 1. The molecule has 0 aromatic heterocycles. The fourth-order valence-corrected chi connectivity index (χ4v) is 0.965. The topological polar surface area (TPSA) is 49.7 Å². The molecule has 0 unspecified atom stereocenters. The standard InChI is InChI=1S/C8H9BO3/c1-12-7-3-6(9)2-5(4-10)8(7)11/h2-3,10-11H,4H2,1H3. The summed E-state index contributed by atoms with van der Waals surface area (Å²) in [6, 6.07) is 2.99. The SMILES string of the molecule is [B]c1cc(CO)c(O)c(OC)c1. The molecule has 0 amide bonds. The quantitative estimate of drug-likeness (QED) is 0.589. The zero-order valence-corrected chi connectivity index (χ0v) is 6.74. The summed E-state index contributed by atoms with van der Waals surface area (Å²) in [6.07, 6.45) is 0. The molecule has 12 heavy (non-hydrogen) atoms. The third-order valence-electron chi connectivity index (χ3n) is 1.57. The molecule has 0 heterocycles. The molecule has 4 heteroatoms. The molecule has 0 aliphatic heterocycles. The lowest BCUT2D eigenvalue weighted by molar-refractivity contribution is 0.272. The van der Waals surface area contributed by atoms with Crippen LogP contribution in [0.15, 0.2) is 12.1 Å². The smallest absolute Gasteiger partial charge is 0.163 e. The van der Waals surface area contributed by atoms with Gasteiger partial charge >= 0.3 is 0 Å². The van der Waals surface area contributed by atoms with Gasteiger partial charge in [0.1, 0.15) is 7.85 Å². The second kappa shape index (κ2) is 3.49. The summed E-state index contributed by atoms with van der Waals surface area (Å²) >= 11 is 0. The average molecular weight is 164 g/mol. The molecule has 1 aromatic carbocycles. The second-order valence-electron chi connectivity index (χ2n) is 2.39. The molecule has 1 aromatic rings. The third kappa shape index (κ3) is 1.53. The lowest BCUT2D eigenvalue weighted by atomic mass is 9.93. The van der Waals surface area contributed by atoms with E-state index in [1.807, 2.05) is 0 Å². The Kier molecular flexibility index (Phi) is 2.60. The molecule has 0 bridgehead atoms. The Labute approximate surface area is 72.0 Å². The second-order valence-corrected chi connectivity index (χ2v) is 2.39. The molecule has 3 nitrogen and oxygen atoms in total. The Morgan fingerprint density at radius 1 is 1.50 bits per heavy atom. The van der Waals surface area contributed by atoms with Gasteiger partial charge in [0.15, 0.2) is 11.5 Å². The summed E-state index contributed by atoms with van der Waals surface area (Å²) in [5.41, 5.74) is 0.820.